The van der Waals surface area contributed by atoms with Gasteiger partial charge < -0.3 is 14.6 Å². The van der Waals surface area contributed by atoms with Crippen molar-refractivity contribution in [2.75, 3.05) is 24.7 Å². The Morgan fingerprint density at radius 2 is 0.815 bits per heavy atom. The Bertz CT molecular complexity index is 1230. The Labute approximate surface area is 412 Å². The number of phenolic OH excluding ortho intramolecular Hbond substituents is 1. The van der Waals surface area contributed by atoms with Crippen LogP contribution in [0.5, 0.6) is 5.75 Å². The number of hydrogen-bond donors (Lipinski definition) is 1. The standard InChI is InChI=1S/C58H106O5S2/c1-9-11-13-15-17-19-21-23-25-27-29-31-33-35-37-39-43-62-53(59)41-45-64-56(58(7,8)49-51-47-50(3)55(61)52(48-51)57(4,5)6)65-46-42-54(60)63-44-40-38-36-34-32-30-28-26-24-22-20-18-16-14-12-10-2/h47-48,56,61H,9-46,49H2,1-8H3. The number of phenols is 1. The van der Waals surface area contributed by atoms with Crippen LogP contribution in [-0.4, -0.2) is 46.3 Å². The minimum Gasteiger partial charge on any atom is -0.507 e. The van der Waals surface area contributed by atoms with Crippen LogP contribution >= 0.6 is 23.5 Å². The fourth-order valence-corrected chi connectivity index (χ4v) is 12.0. The van der Waals surface area contributed by atoms with Gasteiger partial charge in [-0.25, -0.2) is 0 Å². The molecule has 7 heteroatoms. The lowest BCUT2D eigenvalue weighted by Gasteiger charge is -2.34. The molecule has 0 radical (unpaired) electrons. The van der Waals surface area contributed by atoms with Crippen molar-refractivity contribution in [2.45, 2.75) is 290 Å². The van der Waals surface area contributed by atoms with Crippen molar-refractivity contribution in [3.63, 3.8) is 0 Å². The highest BCUT2D eigenvalue weighted by atomic mass is 32.2. The Hall–Kier alpha value is -1.34. The molecule has 1 aromatic carbocycles. The summed E-state index contributed by atoms with van der Waals surface area (Å²) in [5.74, 6) is 1.54. The van der Waals surface area contributed by atoms with E-state index in [1.807, 2.05) is 30.4 Å². The topological polar surface area (TPSA) is 72.8 Å². The Balaban J connectivity index is 2.40. The SMILES string of the molecule is CCCCCCCCCCCCCCCCCCOC(=O)CCSC(SCCC(=O)OCCCCCCCCCCCCCCCCCC)C(C)(C)Cc1cc(C)c(O)c(C(C)(C)C)c1. The quantitative estimate of drug-likeness (QED) is 0.0397. The third-order valence-corrected chi connectivity index (χ3v) is 16.7. The van der Waals surface area contributed by atoms with Crippen molar-refractivity contribution in [1.29, 1.82) is 0 Å². The predicted octanol–water partition coefficient (Wildman–Crippen LogP) is 18.7. The molecule has 0 heterocycles. The lowest BCUT2D eigenvalue weighted by atomic mass is 9.81. The van der Waals surface area contributed by atoms with Crippen LogP contribution in [0.15, 0.2) is 12.1 Å². The van der Waals surface area contributed by atoms with Gasteiger partial charge in [-0.1, -0.05) is 253 Å². The fourth-order valence-electron chi connectivity index (χ4n) is 8.95. The van der Waals surface area contributed by atoms with E-state index in [4.69, 9.17) is 9.47 Å². The average Bonchev–Trinajstić information content (AvgIpc) is 3.25. The number of ether oxygens (including phenoxy) is 2. The van der Waals surface area contributed by atoms with Crippen LogP contribution in [0.2, 0.25) is 0 Å². The monoisotopic (exact) mass is 947 g/mol. The molecule has 0 spiro atoms. The van der Waals surface area contributed by atoms with Gasteiger partial charge in [0.15, 0.2) is 0 Å². The van der Waals surface area contributed by atoms with E-state index in [2.05, 4.69) is 60.6 Å². The maximum absolute atomic E-state index is 12.8. The highest BCUT2D eigenvalue weighted by Crippen LogP contribution is 2.43. The van der Waals surface area contributed by atoms with E-state index in [1.165, 1.54) is 185 Å². The molecule has 0 fully saturated rings. The van der Waals surface area contributed by atoms with Crippen LogP contribution in [0, 0.1) is 12.3 Å². The van der Waals surface area contributed by atoms with Gasteiger partial charge in [-0.3, -0.25) is 9.59 Å². The van der Waals surface area contributed by atoms with E-state index >= 15 is 0 Å². The number of rotatable bonds is 45. The van der Waals surface area contributed by atoms with Gasteiger partial charge in [0.05, 0.1) is 30.6 Å². The zero-order valence-corrected chi connectivity index (χ0v) is 45.8. The number of thioether (sulfide) groups is 2. The first-order valence-electron chi connectivity index (χ1n) is 27.7. The maximum atomic E-state index is 12.8. The van der Waals surface area contributed by atoms with Gasteiger partial charge in [-0.2, -0.15) is 0 Å². The molecule has 0 bridgehead atoms. The van der Waals surface area contributed by atoms with E-state index in [0.29, 0.717) is 43.3 Å². The molecule has 0 aliphatic heterocycles. The molecule has 1 rings (SSSR count). The smallest absolute Gasteiger partial charge is 0.306 e. The third kappa shape index (κ3) is 34.6. The number of carbonyl (C=O) groups is 2. The minimum absolute atomic E-state index is 0.110. The summed E-state index contributed by atoms with van der Waals surface area (Å²) in [6.07, 6.45) is 44.2. The van der Waals surface area contributed by atoms with E-state index in [0.717, 1.165) is 43.2 Å². The summed E-state index contributed by atoms with van der Waals surface area (Å²) in [6, 6.07) is 4.29. The van der Waals surface area contributed by atoms with Gasteiger partial charge in [-0.15, -0.1) is 23.5 Å². The molecule has 1 aromatic rings. The predicted molar refractivity (Wildman–Crippen MR) is 288 cm³/mol. The maximum Gasteiger partial charge on any atom is 0.306 e. The average molecular weight is 948 g/mol. The summed E-state index contributed by atoms with van der Waals surface area (Å²) >= 11 is 3.62. The number of aromatic hydroxyl groups is 1. The molecule has 0 amide bonds. The molecule has 0 saturated heterocycles. The number of hydrogen-bond acceptors (Lipinski definition) is 7. The van der Waals surface area contributed by atoms with Gasteiger partial charge in [0.25, 0.3) is 0 Å². The first-order valence-corrected chi connectivity index (χ1v) is 29.8. The van der Waals surface area contributed by atoms with Crippen molar-refractivity contribution >= 4 is 35.5 Å². The van der Waals surface area contributed by atoms with E-state index in [1.54, 1.807) is 0 Å². The molecule has 65 heavy (non-hydrogen) atoms. The number of benzene rings is 1. The van der Waals surface area contributed by atoms with Crippen molar-refractivity contribution in [3.8, 4) is 5.75 Å². The molecular weight excluding hydrogens is 841 g/mol. The number of carbonyl (C=O) groups excluding carboxylic acids is 2. The third-order valence-electron chi connectivity index (χ3n) is 13.1. The van der Waals surface area contributed by atoms with Gasteiger partial charge in [0.2, 0.25) is 0 Å². The lowest BCUT2D eigenvalue weighted by molar-refractivity contribution is -0.144. The van der Waals surface area contributed by atoms with Gasteiger partial charge in [0, 0.05) is 11.5 Å². The van der Waals surface area contributed by atoms with Crippen LogP contribution in [0.3, 0.4) is 0 Å². The zero-order valence-electron chi connectivity index (χ0n) is 44.2. The summed E-state index contributed by atoms with van der Waals surface area (Å²) in [5, 5.41) is 10.9. The van der Waals surface area contributed by atoms with E-state index in [-0.39, 0.29) is 27.4 Å². The largest absolute Gasteiger partial charge is 0.507 e. The molecule has 0 aliphatic carbocycles. The van der Waals surface area contributed by atoms with Gasteiger partial charge in [-0.05, 0) is 53.7 Å². The first-order chi connectivity index (χ1) is 31.3. The Morgan fingerprint density at radius 3 is 1.12 bits per heavy atom. The summed E-state index contributed by atoms with van der Waals surface area (Å²) in [7, 11) is 0. The van der Waals surface area contributed by atoms with Crippen LogP contribution in [0.25, 0.3) is 0 Å². The molecule has 0 saturated carbocycles. The van der Waals surface area contributed by atoms with Crippen molar-refractivity contribution in [1.82, 2.24) is 0 Å². The van der Waals surface area contributed by atoms with Crippen LogP contribution in [-0.2, 0) is 30.9 Å². The normalized spacial score (nSPS) is 12.1. The summed E-state index contributed by atoms with van der Waals surface area (Å²) in [4.78, 5) is 25.6. The lowest BCUT2D eigenvalue weighted by Crippen LogP contribution is -2.28. The van der Waals surface area contributed by atoms with Gasteiger partial charge >= 0.3 is 11.9 Å². The van der Waals surface area contributed by atoms with Crippen LogP contribution in [0.4, 0.5) is 0 Å². The van der Waals surface area contributed by atoms with Gasteiger partial charge in [0.1, 0.15) is 5.75 Å². The van der Waals surface area contributed by atoms with Crippen molar-refractivity contribution in [3.05, 3.63) is 28.8 Å². The molecule has 380 valence electrons. The second-order valence-electron chi connectivity index (χ2n) is 21.3. The molecule has 0 aliphatic rings. The van der Waals surface area contributed by atoms with Crippen molar-refractivity contribution in [2.24, 2.45) is 5.41 Å². The molecule has 5 nitrogen and oxygen atoms in total. The fraction of sp³-hybridized carbons (Fsp3) is 0.862. The first kappa shape index (κ1) is 61.7. The Kier molecular flexibility index (Phi) is 38.5. The molecule has 0 atom stereocenters. The van der Waals surface area contributed by atoms with Crippen LogP contribution in [0.1, 0.15) is 283 Å². The zero-order chi connectivity index (χ0) is 47.9. The highest BCUT2D eigenvalue weighted by molar-refractivity contribution is 8.17. The number of unbranched alkanes of at least 4 members (excludes halogenated alkanes) is 30. The van der Waals surface area contributed by atoms with Crippen molar-refractivity contribution < 1.29 is 24.2 Å². The minimum atomic E-state index is -0.170. The second-order valence-corrected chi connectivity index (χ2v) is 24.1. The summed E-state index contributed by atoms with van der Waals surface area (Å²) < 4.78 is 11.5. The Morgan fingerprint density at radius 1 is 0.508 bits per heavy atom. The molecule has 0 aromatic heterocycles. The highest BCUT2D eigenvalue weighted by Gasteiger charge is 2.32. The molecule has 0 unspecified atom stereocenters. The second kappa shape index (κ2) is 40.5. The van der Waals surface area contributed by atoms with Crippen LogP contribution < -0.4 is 0 Å². The number of esters is 2. The molecule has 1 N–H and O–H groups in total. The number of aryl methyl sites for hydroxylation is 1. The summed E-state index contributed by atoms with van der Waals surface area (Å²) in [6.45, 7) is 18.6. The van der Waals surface area contributed by atoms with E-state index < -0.39 is 0 Å². The molecular formula is C58H106O5S2. The van der Waals surface area contributed by atoms with E-state index in [9.17, 15) is 14.7 Å². The summed E-state index contributed by atoms with van der Waals surface area (Å²) in [5.41, 5.74) is 2.77.